The minimum Gasteiger partial charge on any atom is -0.484 e. The van der Waals surface area contributed by atoms with Crippen LogP contribution >= 0.6 is 0 Å². The van der Waals surface area contributed by atoms with E-state index in [4.69, 9.17) is 4.74 Å². The third-order valence-corrected chi connectivity index (χ3v) is 4.85. The molecule has 0 aromatic heterocycles. The number of carbonyl (C=O) groups excluding carboxylic acids is 2. The summed E-state index contributed by atoms with van der Waals surface area (Å²) in [5, 5.41) is 2.87. The summed E-state index contributed by atoms with van der Waals surface area (Å²) in [7, 11) is 0. The Bertz CT molecular complexity index is 815. The fraction of sp³-hybridized carbons (Fsp3) is 0.333. The molecule has 134 valence electrons. The molecule has 0 spiro atoms. The van der Waals surface area contributed by atoms with E-state index in [9.17, 15) is 9.59 Å². The minimum absolute atomic E-state index is 0.0343. The number of para-hydroxylation sites is 1. The second-order valence-corrected chi connectivity index (χ2v) is 6.92. The third kappa shape index (κ3) is 3.87. The van der Waals surface area contributed by atoms with Crippen molar-refractivity contribution in [2.75, 3.05) is 18.5 Å². The fourth-order valence-corrected chi connectivity index (χ4v) is 3.27. The van der Waals surface area contributed by atoms with Gasteiger partial charge in [-0.25, -0.2) is 0 Å². The van der Waals surface area contributed by atoms with Crippen LogP contribution in [0.3, 0.4) is 0 Å². The van der Waals surface area contributed by atoms with Crippen LogP contribution in [0.2, 0.25) is 0 Å². The summed E-state index contributed by atoms with van der Waals surface area (Å²) in [5.41, 5.74) is 3.11. The molecular formula is C21H22N2O3. The van der Waals surface area contributed by atoms with E-state index >= 15 is 0 Å². The highest BCUT2D eigenvalue weighted by molar-refractivity contribution is 5.92. The zero-order valence-corrected chi connectivity index (χ0v) is 14.6. The number of amides is 2. The number of hydrogen-bond donors (Lipinski definition) is 1. The van der Waals surface area contributed by atoms with Crippen LogP contribution in [-0.2, 0) is 22.6 Å². The van der Waals surface area contributed by atoms with E-state index in [1.54, 1.807) is 0 Å². The van der Waals surface area contributed by atoms with Gasteiger partial charge in [0, 0.05) is 24.7 Å². The predicted molar refractivity (Wildman–Crippen MR) is 98.9 cm³/mol. The Kier molecular flexibility index (Phi) is 4.61. The number of rotatable bonds is 5. The molecule has 2 aromatic carbocycles. The van der Waals surface area contributed by atoms with E-state index in [1.165, 1.54) is 5.56 Å². The van der Waals surface area contributed by atoms with Gasteiger partial charge in [0.15, 0.2) is 6.61 Å². The molecule has 1 saturated carbocycles. The molecule has 0 bridgehead atoms. The summed E-state index contributed by atoms with van der Waals surface area (Å²) in [5.74, 6) is 0.994. The number of ether oxygens (including phenoxy) is 1. The highest BCUT2D eigenvalue weighted by Gasteiger charge is 2.34. The molecule has 0 saturated heterocycles. The van der Waals surface area contributed by atoms with Gasteiger partial charge in [0.1, 0.15) is 5.75 Å². The van der Waals surface area contributed by atoms with Crippen LogP contribution in [-0.4, -0.2) is 29.9 Å². The molecule has 0 atom stereocenters. The van der Waals surface area contributed by atoms with Crippen LogP contribution in [0.5, 0.6) is 5.75 Å². The summed E-state index contributed by atoms with van der Waals surface area (Å²) in [4.78, 5) is 26.4. The van der Waals surface area contributed by atoms with Gasteiger partial charge in [-0.15, -0.1) is 0 Å². The molecule has 1 N–H and O–H groups in total. The molecule has 26 heavy (non-hydrogen) atoms. The zero-order valence-electron chi connectivity index (χ0n) is 14.6. The Morgan fingerprint density at radius 1 is 1.08 bits per heavy atom. The number of fused-ring (bicyclic) bond motifs is 1. The van der Waals surface area contributed by atoms with E-state index in [0.29, 0.717) is 12.3 Å². The summed E-state index contributed by atoms with van der Waals surface area (Å²) >= 11 is 0. The normalized spacial score (nSPS) is 15.9. The van der Waals surface area contributed by atoms with Crippen LogP contribution in [0.15, 0.2) is 48.5 Å². The van der Waals surface area contributed by atoms with E-state index in [0.717, 1.165) is 37.1 Å². The second kappa shape index (κ2) is 7.20. The molecule has 1 aliphatic heterocycles. The van der Waals surface area contributed by atoms with Gasteiger partial charge in [-0.3, -0.25) is 9.59 Å². The van der Waals surface area contributed by atoms with Crippen LogP contribution in [0.25, 0.3) is 0 Å². The molecule has 1 heterocycles. The van der Waals surface area contributed by atoms with Gasteiger partial charge >= 0.3 is 0 Å². The average molecular weight is 350 g/mol. The van der Waals surface area contributed by atoms with Gasteiger partial charge in [0.25, 0.3) is 5.91 Å². The number of carbonyl (C=O) groups is 2. The maximum Gasteiger partial charge on any atom is 0.262 e. The van der Waals surface area contributed by atoms with Crippen molar-refractivity contribution in [3.63, 3.8) is 0 Å². The maximum absolute atomic E-state index is 12.3. The molecule has 2 amide bonds. The maximum atomic E-state index is 12.3. The van der Waals surface area contributed by atoms with Gasteiger partial charge in [-0.2, -0.15) is 0 Å². The van der Waals surface area contributed by atoms with Crippen molar-refractivity contribution >= 4 is 17.5 Å². The Hall–Kier alpha value is -2.82. The molecule has 5 heteroatoms. The highest BCUT2D eigenvalue weighted by atomic mass is 16.5. The Labute approximate surface area is 153 Å². The second-order valence-electron chi connectivity index (χ2n) is 6.92. The number of hydrogen-bond acceptors (Lipinski definition) is 3. The van der Waals surface area contributed by atoms with Crippen molar-refractivity contribution in [1.82, 2.24) is 4.90 Å². The van der Waals surface area contributed by atoms with Crippen LogP contribution in [0, 0.1) is 5.92 Å². The minimum atomic E-state index is -0.199. The summed E-state index contributed by atoms with van der Waals surface area (Å²) in [6.07, 6.45) is 2.93. The van der Waals surface area contributed by atoms with Crippen molar-refractivity contribution in [2.24, 2.45) is 5.92 Å². The van der Waals surface area contributed by atoms with Gasteiger partial charge in [-0.05, 0) is 54.7 Å². The zero-order chi connectivity index (χ0) is 17.9. The molecular weight excluding hydrogens is 328 g/mol. The van der Waals surface area contributed by atoms with E-state index in [2.05, 4.69) is 5.32 Å². The average Bonchev–Trinajstić information content (AvgIpc) is 3.51. The smallest absolute Gasteiger partial charge is 0.262 e. The molecule has 4 rings (SSSR count). The van der Waals surface area contributed by atoms with Crippen molar-refractivity contribution < 1.29 is 14.3 Å². The standard InChI is InChI=1S/C21H22N2O3/c24-20(14-26-19-4-2-1-3-5-19)22-18-9-8-15-10-11-23(13-17(15)12-18)21(25)16-6-7-16/h1-5,8-9,12,16H,6-7,10-11,13-14H2,(H,22,24). The number of benzene rings is 2. The van der Waals surface area contributed by atoms with Gasteiger partial charge in [-0.1, -0.05) is 24.3 Å². The van der Waals surface area contributed by atoms with Crippen molar-refractivity contribution in [3.8, 4) is 5.75 Å². The summed E-state index contributed by atoms with van der Waals surface area (Å²) < 4.78 is 5.47. The quantitative estimate of drug-likeness (QED) is 0.902. The first-order chi connectivity index (χ1) is 12.7. The van der Waals surface area contributed by atoms with Crippen molar-refractivity contribution in [1.29, 1.82) is 0 Å². The Morgan fingerprint density at radius 2 is 1.88 bits per heavy atom. The lowest BCUT2D eigenvalue weighted by Crippen LogP contribution is -2.36. The highest BCUT2D eigenvalue weighted by Crippen LogP contribution is 2.33. The molecule has 0 unspecified atom stereocenters. The molecule has 2 aromatic rings. The number of anilines is 1. The van der Waals surface area contributed by atoms with Crippen LogP contribution in [0.4, 0.5) is 5.69 Å². The van der Waals surface area contributed by atoms with Crippen molar-refractivity contribution in [2.45, 2.75) is 25.8 Å². The first-order valence-corrected chi connectivity index (χ1v) is 9.07. The monoisotopic (exact) mass is 350 g/mol. The van der Waals surface area contributed by atoms with Crippen LogP contribution < -0.4 is 10.1 Å². The first-order valence-electron chi connectivity index (χ1n) is 9.07. The SMILES string of the molecule is O=C(COc1ccccc1)Nc1ccc2c(c1)CN(C(=O)C1CC1)CC2. The Balaban J connectivity index is 1.36. The molecule has 1 aliphatic carbocycles. The summed E-state index contributed by atoms with van der Waals surface area (Å²) in [6, 6.07) is 15.2. The number of nitrogens with one attached hydrogen (secondary N) is 1. The molecule has 0 radical (unpaired) electrons. The number of nitrogens with zero attached hydrogens (tertiary/aromatic N) is 1. The van der Waals surface area contributed by atoms with Gasteiger partial charge in [0.2, 0.25) is 5.91 Å². The molecule has 2 aliphatic rings. The van der Waals surface area contributed by atoms with Crippen molar-refractivity contribution in [3.05, 3.63) is 59.7 Å². The lowest BCUT2D eigenvalue weighted by atomic mass is 9.98. The van der Waals surface area contributed by atoms with E-state index < -0.39 is 0 Å². The van der Waals surface area contributed by atoms with Crippen LogP contribution in [0.1, 0.15) is 24.0 Å². The van der Waals surface area contributed by atoms with Gasteiger partial charge in [0.05, 0.1) is 0 Å². The van der Waals surface area contributed by atoms with E-state index in [1.807, 2.05) is 53.4 Å². The molecule has 5 nitrogen and oxygen atoms in total. The Morgan fingerprint density at radius 3 is 2.65 bits per heavy atom. The lowest BCUT2D eigenvalue weighted by molar-refractivity contribution is -0.133. The molecule has 1 fully saturated rings. The summed E-state index contributed by atoms with van der Waals surface area (Å²) in [6.45, 7) is 1.39. The fourth-order valence-electron chi connectivity index (χ4n) is 3.27. The lowest BCUT2D eigenvalue weighted by Gasteiger charge is -2.29. The third-order valence-electron chi connectivity index (χ3n) is 4.85. The largest absolute Gasteiger partial charge is 0.484 e. The van der Waals surface area contributed by atoms with E-state index in [-0.39, 0.29) is 24.3 Å². The predicted octanol–water partition coefficient (Wildman–Crippen LogP) is 3.00. The van der Waals surface area contributed by atoms with Gasteiger partial charge < -0.3 is 15.0 Å². The topological polar surface area (TPSA) is 58.6 Å². The first kappa shape index (κ1) is 16.6.